The second-order valence-corrected chi connectivity index (χ2v) is 7.89. The van der Waals surface area contributed by atoms with E-state index in [0.29, 0.717) is 5.52 Å². The van der Waals surface area contributed by atoms with Gasteiger partial charge in [0.2, 0.25) is 0 Å². The molecule has 0 amide bonds. The molecule has 0 bridgehead atoms. The lowest BCUT2D eigenvalue weighted by molar-refractivity contribution is 0.0923. The van der Waals surface area contributed by atoms with Crippen LogP contribution in [-0.4, -0.2) is 27.4 Å². The number of benzene rings is 2. The van der Waals surface area contributed by atoms with E-state index >= 15 is 0 Å². The highest BCUT2D eigenvalue weighted by Gasteiger charge is 2.16. The number of hydrogen-bond acceptors (Lipinski definition) is 4. The lowest BCUT2D eigenvalue weighted by Gasteiger charge is -2.21. The topological polar surface area (TPSA) is 64.3 Å². The molecule has 1 aromatic heterocycles. The number of aliphatic hydroxyl groups excluding tert-OH is 1. The molecule has 1 heterocycles. The number of rotatable bonds is 5. The molecule has 0 aliphatic carbocycles. The fourth-order valence-electron chi connectivity index (χ4n) is 3.03. The quantitative estimate of drug-likeness (QED) is 0.751. The Hall–Kier alpha value is -2.66. The van der Waals surface area contributed by atoms with Crippen molar-refractivity contribution in [1.82, 2.24) is 9.55 Å². The standard InChI is InChI=1S/C22H26N2O3/c1-15-11-16(22(2,3)4)9-10-20(15)27-14-17(25)13-24-19-8-6-5-7-18(19)23-12-21(24)26/h5-12,17,25H,13-14H2,1-4H3. The van der Waals surface area contributed by atoms with Crippen molar-refractivity contribution in [1.29, 1.82) is 0 Å². The summed E-state index contributed by atoms with van der Waals surface area (Å²) in [5.74, 6) is 0.744. The van der Waals surface area contributed by atoms with Gasteiger partial charge in [0.1, 0.15) is 18.5 Å². The van der Waals surface area contributed by atoms with Crippen LogP contribution in [0.4, 0.5) is 0 Å². The number of para-hydroxylation sites is 2. The summed E-state index contributed by atoms with van der Waals surface area (Å²) in [6, 6.07) is 13.5. The fourth-order valence-corrected chi connectivity index (χ4v) is 3.03. The number of ether oxygens (including phenoxy) is 1. The Morgan fingerprint density at radius 2 is 1.93 bits per heavy atom. The number of nitrogens with zero attached hydrogens (tertiary/aromatic N) is 2. The molecule has 142 valence electrons. The molecule has 27 heavy (non-hydrogen) atoms. The predicted molar refractivity (Wildman–Crippen MR) is 107 cm³/mol. The first kappa shape index (κ1) is 19.1. The molecule has 5 nitrogen and oxygen atoms in total. The summed E-state index contributed by atoms with van der Waals surface area (Å²) in [4.78, 5) is 16.3. The second kappa shape index (κ2) is 7.53. The Labute approximate surface area is 159 Å². The largest absolute Gasteiger partial charge is 0.491 e. The maximum atomic E-state index is 12.2. The molecule has 0 spiro atoms. The third-order valence-electron chi connectivity index (χ3n) is 4.62. The molecule has 1 atom stereocenters. The molecule has 0 saturated carbocycles. The monoisotopic (exact) mass is 366 g/mol. The summed E-state index contributed by atoms with van der Waals surface area (Å²) >= 11 is 0. The van der Waals surface area contributed by atoms with Crippen molar-refractivity contribution >= 4 is 11.0 Å². The minimum atomic E-state index is -0.810. The highest BCUT2D eigenvalue weighted by atomic mass is 16.5. The Bertz CT molecular complexity index is 1000. The second-order valence-electron chi connectivity index (χ2n) is 7.89. The molecule has 2 aromatic carbocycles. The van der Waals surface area contributed by atoms with Gasteiger partial charge in [-0.2, -0.15) is 0 Å². The zero-order valence-electron chi connectivity index (χ0n) is 16.3. The average molecular weight is 366 g/mol. The van der Waals surface area contributed by atoms with E-state index in [9.17, 15) is 9.90 Å². The van der Waals surface area contributed by atoms with Crippen molar-refractivity contribution in [3.05, 3.63) is 70.1 Å². The zero-order valence-corrected chi connectivity index (χ0v) is 16.3. The Kier molecular flexibility index (Phi) is 5.33. The molecule has 0 aliphatic heterocycles. The fraction of sp³-hybridized carbons (Fsp3) is 0.364. The highest BCUT2D eigenvalue weighted by molar-refractivity contribution is 5.74. The third kappa shape index (κ3) is 4.37. The average Bonchev–Trinajstić information content (AvgIpc) is 2.62. The molecule has 1 N–H and O–H groups in total. The third-order valence-corrected chi connectivity index (χ3v) is 4.62. The van der Waals surface area contributed by atoms with Gasteiger partial charge in [0.05, 0.1) is 23.8 Å². The van der Waals surface area contributed by atoms with E-state index in [0.717, 1.165) is 16.8 Å². The maximum absolute atomic E-state index is 12.2. The van der Waals surface area contributed by atoms with Crippen LogP contribution in [0.15, 0.2) is 53.5 Å². The van der Waals surface area contributed by atoms with Crippen molar-refractivity contribution in [2.24, 2.45) is 0 Å². The van der Waals surface area contributed by atoms with Crippen LogP contribution in [-0.2, 0) is 12.0 Å². The van der Waals surface area contributed by atoms with Crippen molar-refractivity contribution < 1.29 is 9.84 Å². The number of aryl methyl sites for hydroxylation is 1. The van der Waals surface area contributed by atoms with Gasteiger partial charge in [0.15, 0.2) is 0 Å². The predicted octanol–water partition coefficient (Wildman–Crippen LogP) is 3.44. The minimum absolute atomic E-state index is 0.0758. The molecule has 1 unspecified atom stereocenters. The van der Waals surface area contributed by atoms with E-state index in [-0.39, 0.29) is 24.1 Å². The van der Waals surface area contributed by atoms with Crippen LogP contribution in [0.3, 0.4) is 0 Å². The van der Waals surface area contributed by atoms with E-state index in [1.807, 2.05) is 37.3 Å². The first-order valence-corrected chi connectivity index (χ1v) is 9.12. The van der Waals surface area contributed by atoms with Crippen LogP contribution in [0.25, 0.3) is 11.0 Å². The van der Waals surface area contributed by atoms with Gasteiger partial charge >= 0.3 is 0 Å². The van der Waals surface area contributed by atoms with Crippen molar-refractivity contribution in [2.75, 3.05) is 6.61 Å². The van der Waals surface area contributed by atoms with Crippen LogP contribution in [0.5, 0.6) is 5.75 Å². The summed E-state index contributed by atoms with van der Waals surface area (Å²) in [7, 11) is 0. The van der Waals surface area contributed by atoms with E-state index in [2.05, 4.69) is 37.9 Å². The Balaban J connectivity index is 1.72. The summed E-state index contributed by atoms with van der Waals surface area (Å²) < 4.78 is 7.34. The molecule has 0 aliphatic rings. The molecule has 3 aromatic rings. The SMILES string of the molecule is Cc1cc(C(C)(C)C)ccc1OCC(O)Cn1c(=O)cnc2ccccc21. The molecule has 0 radical (unpaired) electrons. The van der Waals surface area contributed by atoms with E-state index in [1.54, 1.807) is 0 Å². The van der Waals surface area contributed by atoms with Gasteiger partial charge in [-0.05, 0) is 41.7 Å². The summed E-state index contributed by atoms with van der Waals surface area (Å²) in [6.45, 7) is 8.77. The van der Waals surface area contributed by atoms with Crippen molar-refractivity contribution in [3.63, 3.8) is 0 Å². The van der Waals surface area contributed by atoms with E-state index in [1.165, 1.54) is 16.3 Å². The zero-order chi connectivity index (χ0) is 19.6. The lowest BCUT2D eigenvalue weighted by atomic mass is 9.86. The molecule has 0 saturated heterocycles. The minimum Gasteiger partial charge on any atom is -0.491 e. The summed E-state index contributed by atoms with van der Waals surface area (Å²) in [5, 5.41) is 10.4. The number of aromatic nitrogens is 2. The van der Waals surface area contributed by atoms with Crippen LogP contribution < -0.4 is 10.3 Å². The van der Waals surface area contributed by atoms with Gasteiger partial charge in [0, 0.05) is 0 Å². The van der Waals surface area contributed by atoms with Gasteiger partial charge in [-0.3, -0.25) is 4.79 Å². The maximum Gasteiger partial charge on any atom is 0.269 e. The van der Waals surface area contributed by atoms with Gasteiger partial charge < -0.3 is 14.4 Å². The summed E-state index contributed by atoms with van der Waals surface area (Å²) in [6.07, 6.45) is 0.473. The molecular formula is C22H26N2O3. The van der Waals surface area contributed by atoms with E-state index < -0.39 is 6.10 Å². The molecule has 0 fully saturated rings. The molecular weight excluding hydrogens is 340 g/mol. The van der Waals surface area contributed by atoms with Gasteiger partial charge in [-0.15, -0.1) is 0 Å². The molecule has 3 rings (SSSR count). The van der Waals surface area contributed by atoms with Gasteiger partial charge in [-0.1, -0.05) is 45.0 Å². The Morgan fingerprint density at radius 3 is 2.63 bits per heavy atom. The molecule has 5 heteroatoms. The highest BCUT2D eigenvalue weighted by Crippen LogP contribution is 2.27. The number of fused-ring (bicyclic) bond motifs is 1. The van der Waals surface area contributed by atoms with Gasteiger partial charge in [-0.25, -0.2) is 4.98 Å². The van der Waals surface area contributed by atoms with Gasteiger partial charge in [0.25, 0.3) is 5.56 Å². The van der Waals surface area contributed by atoms with Crippen LogP contribution >= 0.6 is 0 Å². The smallest absolute Gasteiger partial charge is 0.269 e. The number of aliphatic hydroxyl groups is 1. The first-order chi connectivity index (χ1) is 12.8. The van der Waals surface area contributed by atoms with E-state index in [4.69, 9.17) is 4.74 Å². The summed E-state index contributed by atoms with van der Waals surface area (Å²) in [5.41, 5.74) is 3.53. The van der Waals surface area contributed by atoms with Crippen LogP contribution in [0.1, 0.15) is 31.9 Å². The first-order valence-electron chi connectivity index (χ1n) is 9.12. The lowest BCUT2D eigenvalue weighted by Crippen LogP contribution is -2.30. The van der Waals surface area contributed by atoms with Crippen molar-refractivity contribution in [3.8, 4) is 5.75 Å². The van der Waals surface area contributed by atoms with Crippen LogP contribution in [0, 0.1) is 6.92 Å². The number of hydrogen-bond donors (Lipinski definition) is 1. The normalized spacial score (nSPS) is 12.9. The van der Waals surface area contributed by atoms with Crippen LogP contribution in [0.2, 0.25) is 0 Å². The Morgan fingerprint density at radius 1 is 1.19 bits per heavy atom. The van der Waals surface area contributed by atoms with Crippen molar-refractivity contribution in [2.45, 2.75) is 45.8 Å².